The molecule has 5 heteroatoms. The van der Waals surface area contributed by atoms with Crippen LogP contribution in [0.15, 0.2) is 16.9 Å². The molecule has 0 saturated heterocycles. The van der Waals surface area contributed by atoms with E-state index in [2.05, 4.69) is 44.4 Å². The van der Waals surface area contributed by atoms with Crippen LogP contribution in [0.4, 0.5) is 5.95 Å². The fraction of sp³-hybridized carbons (Fsp3) is 0.556. The van der Waals surface area contributed by atoms with E-state index < -0.39 is 0 Å². The number of halogens is 1. The minimum absolute atomic E-state index is 0.450. The van der Waals surface area contributed by atoms with Crippen molar-refractivity contribution in [2.75, 3.05) is 17.3 Å². The first kappa shape index (κ1) is 11.8. The number of hydrogen-bond donors (Lipinski definition) is 1. The zero-order valence-corrected chi connectivity index (χ0v) is 10.7. The number of anilines is 1. The van der Waals surface area contributed by atoms with Crippen molar-refractivity contribution in [1.29, 1.82) is 0 Å². The zero-order valence-electron chi connectivity index (χ0n) is 8.33. The predicted octanol–water partition coefficient (Wildman–Crippen LogP) is 2.79. The Morgan fingerprint density at radius 3 is 2.64 bits per heavy atom. The van der Waals surface area contributed by atoms with Crippen LogP contribution in [0, 0.1) is 0 Å². The molecule has 3 nitrogen and oxygen atoms in total. The summed E-state index contributed by atoms with van der Waals surface area (Å²) in [7, 11) is 0. The van der Waals surface area contributed by atoms with E-state index in [1.807, 2.05) is 11.8 Å². The summed E-state index contributed by atoms with van der Waals surface area (Å²) < 4.78 is 0.904. The van der Waals surface area contributed by atoms with Crippen molar-refractivity contribution in [2.45, 2.75) is 19.4 Å². The summed E-state index contributed by atoms with van der Waals surface area (Å²) in [6.45, 7) is 2.16. The zero-order chi connectivity index (χ0) is 10.4. The van der Waals surface area contributed by atoms with Gasteiger partial charge in [0.1, 0.15) is 0 Å². The van der Waals surface area contributed by atoms with Crippen molar-refractivity contribution in [1.82, 2.24) is 9.97 Å². The van der Waals surface area contributed by atoms with E-state index in [-0.39, 0.29) is 0 Å². The third kappa shape index (κ3) is 3.84. The van der Waals surface area contributed by atoms with Gasteiger partial charge in [-0.3, -0.25) is 0 Å². The fourth-order valence-electron chi connectivity index (χ4n) is 1.03. The molecule has 1 aromatic rings. The molecule has 0 amide bonds. The Hall–Kier alpha value is -0.290. The van der Waals surface area contributed by atoms with Crippen molar-refractivity contribution < 1.29 is 0 Å². The largest absolute Gasteiger partial charge is 0.351 e. The van der Waals surface area contributed by atoms with Crippen LogP contribution in [-0.4, -0.2) is 28.0 Å². The SMILES string of the molecule is CCC(CSC)Nc1ncc(Br)cn1. The second-order valence-electron chi connectivity index (χ2n) is 2.93. The Bertz CT molecular complexity index is 265. The maximum Gasteiger partial charge on any atom is 0.222 e. The summed E-state index contributed by atoms with van der Waals surface area (Å²) in [5.74, 6) is 1.78. The highest BCUT2D eigenvalue weighted by atomic mass is 79.9. The molecular weight excluding hydrogens is 262 g/mol. The third-order valence-corrected chi connectivity index (χ3v) is 2.96. The molecule has 0 aliphatic heterocycles. The van der Waals surface area contributed by atoms with E-state index in [4.69, 9.17) is 0 Å². The topological polar surface area (TPSA) is 37.8 Å². The molecule has 1 atom stereocenters. The Kier molecular flexibility index (Phi) is 5.25. The third-order valence-electron chi connectivity index (χ3n) is 1.81. The van der Waals surface area contributed by atoms with Crippen LogP contribution in [0.2, 0.25) is 0 Å². The lowest BCUT2D eigenvalue weighted by Gasteiger charge is -2.14. The highest BCUT2D eigenvalue weighted by molar-refractivity contribution is 9.10. The van der Waals surface area contributed by atoms with Gasteiger partial charge < -0.3 is 5.32 Å². The summed E-state index contributed by atoms with van der Waals surface area (Å²) in [6, 6.07) is 0.450. The summed E-state index contributed by atoms with van der Waals surface area (Å²) in [4.78, 5) is 8.34. The van der Waals surface area contributed by atoms with Gasteiger partial charge in [-0.15, -0.1) is 0 Å². The highest BCUT2D eigenvalue weighted by Crippen LogP contribution is 2.10. The average molecular weight is 276 g/mol. The minimum Gasteiger partial charge on any atom is -0.351 e. The Morgan fingerprint density at radius 2 is 2.14 bits per heavy atom. The minimum atomic E-state index is 0.450. The molecule has 1 N–H and O–H groups in total. The van der Waals surface area contributed by atoms with Crippen molar-refractivity contribution in [3.8, 4) is 0 Å². The van der Waals surface area contributed by atoms with Gasteiger partial charge in [0.05, 0.1) is 4.47 Å². The van der Waals surface area contributed by atoms with E-state index in [0.29, 0.717) is 12.0 Å². The molecule has 0 aliphatic carbocycles. The fourth-order valence-corrected chi connectivity index (χ4v) is 1.96. The Morgan fingerprint density at radius 1 is 1.50 bits per heavy atom. The number of thioether (sulfide) groups is 1. The predicted molar refractivity (Wildman–Crippen MR) is 65.8 cm³/mol. The van der Waals surface area contributed by atoms with E-state index in [9.17, 15) is 0 Å². The van der Waals surface area contributed by atoms with Gasteiger partial charge in [-0.2, -0.15) is 11.8 Å². The van der Waals surface area contributed by atoms with Crippen LogP contribution in [0.25, 0.3) is 0 Å². The molecule has 1 unspecified atom stereocenters. The quantitative estimate of drug-likeness (QED) is 0.897. The summed E-state index contributed by atoms with van der Waals surface area (Å²) in [5.41, 5.74) is 0. The average Bonchev–Trinajstić information content (AvgIpc) is 2.20. The van der Waals surface area contributed by atoms with Crippen LogP contribution in [0.5, 0.6) is 0 Å². The monoisotopic (exact) mass is 275 g/mol. The maximum absolute atomic E-state index is 4.17. The van der Waals surface area contributed by atoms with E-state index in [0.717, 1.165) is 16.6 Å². The number of hydrogen-bond acceptors (Lipinski definition) is 4. The summed E-state index contributed by atoms with van der Waals surface area (Å²) in [5, 5.41) is 3.29. The molecule has 1 rings (SSSR count). The molecule has 0 aliphatic rings. The first-order valence-corrected chi connectivity index (χ1v) is 6.68. The van der Waals surface area contributed by atoms with E-state index in [1.165, 1.54) is 0 Å². The number of nitrogens with zero attached hydrogens (tertiary/aromatic N) is 2. The Labute approximate surface area is 97.2 Å². The van der Waals surface area contributed by atoms with E-state index in [1.54, 1.807) is 12.4 Å². The molecule has 0 bridgehead atoms. The van der Waals surface area contributed by atoms with E-state index >= 15 is 0 Å². The second-order valence-corrected chi connectivity index (χ2v) is 4.76. The summed E-state index contributed by atoms with van der Waals surface area (Å²) in [6.07, 6.45) is 6.69. The molecule has 1 heterocycles. The van der Waals surface area contributed by atoms with Crippen LogP contribution in [0.1, 0.15) is 13.3 Å². The van der Waals surface area contributed by atoms with Gasteiger partial charge in [-0.25, -0.2) is 9.97 Å². The lowest BCUT2D eigenvalue weighted by Crippen LogP contribution is -2.22. The first-order valence-electron chi connectivity index (χ1n) is 4.49. The van der Waals surface area contributed by atoms with Crippen molar-refractivity contribution in [3.05, 3.63) is 16.9 Å². The molecule has 0 aromatic carbocycles. The number of aromatic nitrogens is 2. The van der Waals surface area contributed by atoms with Gasteiger partial charge in [0.25, 0.3) is 0 Å². The molecule has 78 valence electrons. The normalized spacial score (nSPS) is 12.5. The van der Waals surface area contributed by atoms with Crippen molar-refractivity contribution in [3.63, 3.8) is 0 Å². The molecule has 0 spiro atoms. The van der Waals surface area contributed by atoms with Crippen LogP contribution >= 0.6 is 27.7 Å². The first-order chi connectivity index (χ1) is 6.76. The van der Waals surface area contributed by atoms with Gasteiger partial charge in [-0.05, 0) is 28.6 Å². The lowest BCUT2D eigenvalue weighted by atomic mass is 10.3. The van der Waals surface area contributed by atoms with Crippen molar-refractivity contribution in [2.24, 2.45) is 0 Å². The number of nitrogens with one attached hydrogen (secondary N) is 1. The van der Waals surface area contributed by atoms with Gasteiger partial charge in [-0.1, -0.05) is 6.92 Å². The maximum atomic E-state index is 4.17. The van der Waals surface area contributed by atoms with Gasteiger partial charge >= 0.3 is 0 Å². The molecule has 0 saturated carbocycles. The second kappa shape index (κ2) is 6.24. The van der Waals surface area contributed by atoms with Crippen LogP contribution in [-0.2, 0) is 0 Å². The standard InChI is InChI=1S/C9H14BrN3S/c1-3-8(6-14-2)13-9-11-4-7(10)5-12-9/h4-5,8H,3,6H2,1-2H3,(H,11,12,13). The van der Waals surface area contributed by atoms with Crippen LogP contribution < -0.4 is 5.32 Å². The lowest BCUT2D eigenvalue weighted by molar-refractivity contribution is 0.763. The Balaban J connectivity index is 2.53. The highest BCUT2D eigenvalue weighted by Gasteiger charge is 2.06. The summed E-state index contributed by atoms with van der Waals surface area (Å²) >= 11 is 5.13. The van der Waals surface area contributed by atoms with Gasteiger partial charge in [0, 0.05) is 24.2 Å². The van der Waals surface area contributed by atoms with Crippen molar-refractivity contribution >= 4 is 33.6 Å². The van der Waals surface area contributed by atoms with Gasteiger partial charge in [0.15, 0.2) is 0 Å². The number of rotatable bonds is 5. The molecule has 1 aromatic heterocycles. The molecule has 0 fully saturated rings. The molecule has 0 radical (unpaired) electrons. The molecule has 14 heavy (non-hydrogen) atoms. The van der Waals surface area contributed by atoms with Crippen LogP contribution in [0.3, 0.4) is 0 Å². The van der Waals surface area contributed by atoms with Gasteiger partial charge in [0.2, 0.25) is 5.95 Å². The smallest absolute Gasteiger partial charge is 0.222 e. The molecular formula is C9H14BrN3S.